The van der Waals surface area contributed by atoms with Crippen LogP contribution in [0.25, 0.3) is 0 Å². The monoisotopic (exact) mass is 362 g/mol. The Hall–Kier alpha value is -2.00. The van der Waals surface area contributed by atoms with Crippen molar-refractivity contribution in [3.05, 3.63) is 29.0 Å². The molecule has 2 rings (SSSR count). The summed E-state index contributed by atoms with van der Waals surface area (Å²) in [5.74, 6) is -1.57. The van der Waals surface area contributed by atoms with Gasteiger partial charge in [-0.15, -0.1) is 0 Å². The lowest BCUT2D eigenvalue weighted by molar-refractivity contribution is -0.405. The molecule has 3 amide bonds. The number of imide groups is 1. The van der Waals surface area contributed by atoms with E-state index < -0.39 is 33.0 Å². The molecule has 1 heterocycles. The van der Waals surface area contributed by atoms with E-state index in [1.54, 1.807) is 0 Å². The minimum Gasteiger partial charge on any atom is -0.282 e. The SMILES string of the molecule is CC1=[N+](C)C(=O)N(C)C(=O)C1S(=O)(=O)Nc1ccc(F)c(Cl)c1. The minimum absolute atomic E-state index is 0.0132. The normalized spacial score (nSPS) is 19.3. The molecule has 0 saturated carbocycles. The highest BCUT2D eigenvalue weighted by Crippen LogP contribution is 2.22. The molecule has 10 heteroatoms. The smallest absolute Gasteiger partial charge is 0.282 e. The Morgan fingerprint density at radius 3 is 2.52 bits per heavy atom. The van der Waals surface area contributed by atoms with E-state index in [2.05, 4.69) is 4.72 Å². The van der Waals surface area contributed by atoms with Crippen LogP contribution in [0.3, 0.4) is 0 Å². The van der Waals surface area contributed by atoms with Crippen LogP contribution in [0, 0.1) is 5.82 Å². The molecule has 124 valence electrons. The summed E-state index contributed by atoms with van der Waals surface area (Å²) in [7, 11) is -1.63. The van der Waals surface area contributed by atoms with Crippen LogP contribution in [0.15, 0.2) is 18.2 Å². The highest BCUT2D eigenvalue weighted by molar-refractivity contribution is 7.94. The number of benzene rings is 1. The third-order valence-corrected chi connectivity index (χ3v) is 5.50. The number of anilines is 1. The van der Waals surface area contributed by atoms with Crippen molar-refractivity contribution in [3.8, 4) is 0 Å². The van der Waals surface area contributed by atoms with Gasteiger partial charge in [0, 0.05) is 0 Å². The summed E-state index contributed by atoms with van der Waals surface area (Å²) in [4.78, 5) is 24.7. The van der Waals surface area contributed by atoms with Crippen LogP contribution in [-0.4, -0.2) is 54.9 Å². The molecule has 0 bridgehead atoms. The molecule has 1 aromatic rings. The fourth-order valence-corrected chi connectivity index (χ4v) is 3.93. The molecule has 1 unspecified atom stereocenters. The minimum atomic E-state index is -4.21. The molecule has 0 saturated heterocycles. The molecule has 1 N–H and O–H groups in total. The van der Waals surface area contributed by atoms with Crippen molar-refractivity contribution in [2.75, 3.05) is 18.8 Å². The van der Waals surface area contributed by atoms with Gasteiger partial charge in [0.15, 0.2) is 0 Å². The molecule has 1 aliphatic heterocycles. The third kappa shape index (κ3) is 3.06. The summed E-state index contributed by atoms with van der Waals surface area (Å²) >= 11 is 5.61. The number of hydrogen-bond donors (Lipinski definition) is 1. The average molecular weight is 363 g/mol. The van der Waals surface area contributed by atoms with Gasteiger partial charge in [0.05, 0.1) is 24.8 Å². The van der Waals surface area contributed by atoms with Gasteiger partial charge in [-0.1, -0.05) is 11.6 Å². The quantitative estimate of drug-likeness (QED) is 0.821. The Bertz CT molecular complexity index is 838. The Balaban J connectivity index is 2.44. The second kappa shape index (κ2) is 5.89. The molecule has 7 nitrogen and oxygen atoms in total. The highest BCUT2D eigenvalue weighted by atomic mass is 35.5. The van der Waals surface area contributed by atoms with E-state index in [0.29, 0.717) is 0 Å². The van der Waals surface area contributed by atoms with Gasteiger partial charge in [0.2, 0.25) is 5.25 Å². The maximum absolute atomic E-state index is 13.1. The van der Waals surface area contributed by atoms with Crippen LogP contribution in [0.1, 0.15) is 6.92 Å². The van der Waals surface area contributed by atoms with Gasteiger partial charge in [0.25, 0.3) is 10.0 Å². The predicted molar refractivity (Wildman–Crippen MR) is 82.8 cm³/mol. The van der Waals surface area contributed by atoms with Crippen molar-refractivity contribution in [2.45, 2.75) is 12.2 Å². The zero-order valence-electron chi connectivity index (χ0n) is 12.5. The number of halogens is 2. The summed E-state index contributed by atoms with van der Waals surface area (Å²) in [5, 5.41) is -1.83. The van der Waals surface area contributed by atoms with Crippen molar-refractivity contribution >= 4 is 45.0 Å². The van der Waals surface area contributed by atoms with Gasteiger partial charge in [-0.05, 0) is 25.1 Å². The number of rotatable bonds is 3. The van der Waals surface area contributed by atoms with Gasteiger partial charge >= 0.3 is 11.9 Å². The first-order chi connectivity index (χ1) is 10.6. The predicted octanol–water partition coefficient (Wildman–Crippen LogP) is 1.28. The summed E-state index contributed by atoms with van der Waals surface area (Å²) in [6, 6.07) is 2.65. The zero-order valence-corrected chi connectivity index (χ0v) is 14.1. The molecule has 0 aliphatic carbocycles. The van der Waals surface area contributed by atoms with E-state index in [1.807, 2.05) is 0 Å². The number of nitrogens with zero attached hydrogens (tertiary/aromatic N) is 2. The second-order valence-electron chi connectivity index (χ2n) is 5.04. The van der Waals surface area contributed by atoms with Gasteiger partial charge in [-0.3, -0.25) is 4.72 Å². The van der Waals surface area contributed by atoms with Crippen LogP contribution in [0.2, 0.25) is 5.02 Å². The van der Waals surface area contributed by atoms with Gasteiger partial charge < -0.3 is 0 Å². The Morgan fingerprint density at radius 1 is 1.35 bits per heavy atom. The first-order valence-electron chi connectivity index (χ1n) is 6.41. The number of nitrogens with one attached hydrogen (secondary N) is 1. The number of carbonyl (C=O) groups is 2. The van der Waals surface area contributed by atoms with Crippen molar-refractivity contribution in [3.63, 3.8) is 0 Å². The lowest BCUT2D eigenvalue weighted by Crippen LogP contribution is -2.57. The molecule has 1 aromatic carbocycles. The van der Waals surface area contributed by atoms with Gasteiger partial charge in [0.1, 0.15) is 11.5 Å². The van der Waals surface area contributed by atoms with Crippen LogP contribution in [0.4, 0.5) is 14.9 Å². The summed E-state index contributed by atoms with van der Waals surface area (Å²) in [6.45, 7) is 1.38. The van der Waals surface area contributed by atoms with Crippen molar-refractivity contribution in [2.24, 2.45) is 0 Å². The van der Waals surface area contributed by atoms with Gasteiger partial charge in [-0.2, -0.15) is 14.3 Å². The first kappa shape index (κ1) is 17.4. The lowest BCUT2D eigenvalue weighted by Gasteiger charge is -2.23. The summed E-state index contributed by atoms with van der Waals surface area (Å²) < 4.78 is 41.4. The first-order valence-corrected chi connectivity index (χ1v) is 8.34. The fraction of sp³-hybridized carbons (Fsp3) is 0.308. The van der Waals surface area contributed by atoms with E-state index in [4.69, 9.17) is 11.6 Å². The average Bonchev–Trinajstić information content (AvgIpc) is 2.46. The molecule has 0 aromatic heterocycles. The number of urea groups is 1. The van der Waals surface area contributed by atoms with Crippen molar-refractivity contribution < 1.29 is 27.0 Å². The van der Waals surface area contributed by atoms with Gasteiger partial charge in [-0.25, -0.2) is 17.6 Å². The second-order valence-corrected chi connectivity index (χ2v) is 7.21. The molecule has 0 radical (unpaired) electrons. The van der Waals surface area contributed by atoms with E-state index >= 15 is 0 Å². The molecular weight excluding hydrogens is 349 g/mol. The maximum atomic E-state index is 13.1. The number of sulfonamides is 1. The number of hydrogen-bond acceptors (Lipinski definition) is 4. The fourth-order valence-electron chi connectivity index (χ4n) is 2.14. The standard InChI is InChI=1S/C13H14ClFN3O4S/c1-7-11(12(19)18(3)13(20)17(7)2)23(21,22)16-8-4-5-10(15)9(14)6-8/h4-6,11,16H,1-3H3/q+1. The number of amides is 3. The van der Waals surface area contributed by atoms with Crippen LogP contribution in [0.5, 0.6) is 0 Å². The van der Waals surface area contributed by atoms with Crippen LogP contribution >= 0.6 is 11.6 Å². The highest BCUT2D eigenvalue weighted by Gasteiger charge is 2.50. The molecule has 1 aliphatic rings. The van der Waals surface area contributed by atoms with Crippen molar-refractivity contribution in [1.29, 1.82) is 0 Å². The Labute approximate surface area is 137 Å². The molecule has 1 atom stereocenters. The van der Waals surface area contributed by atoms with E-state index in [1.165, 1.54) is 27.1 Å². The maximum Gasteiger partial charge on any atom is 0.500 e. The Morgan fingerprint density at radius 2 is 1.96 bits per heavy atom. The largest absolute Gasteiger partial charge is 0.500 e. The van der Waals surface area contributed by atoms with E-state index in [9.17, 15) is 22.4 Å². The molecule has 0 spiro atoms. The van der Waals surface area contributed by atoms with E-state index in [0.717, 1.165) is 21.6 Å². The van der Waals surface area contributed by atoms with Crippen LogP contribution in [-0.2, 0) is 14.8 Å². The number of carbonyl (C=O) groups excluding carboxylic acids is 2. The summed E-state index contributed by atoms with van der Waals surface area (Å²) in [5.41, 5.74) is 0.0815. The van der Waals surface area contributed by atoms with E-state index in [-0.39, 0.29) is 16.4 Å². The molecule has 0 fully saturated rings. The molecule has 23 heavy (non-hydrogen) atoms. The molecular formula is C13H14ClFN3O4S+. The zero-order chi connectivity index (χ0) is 17.5. The third-order valence-electron chi connectivity index (χ3n) is 3.53. The summed E-state index contributed by atoms with van der Waals surface area (Å²) in [6.07, 6.45) is 0. The lowest BCUT2D eigenvalue weighted by atomic mass is 10.2. The Kier molecular flexibility index (Phi) is 4.45. The van der Waals surface area contributed by atoms with Crippen LogP contribution < -0.4 is 4.72 Å². The topological polar surface area (TPSA) is 86.6 Å². The van der Waals surface area contributed by atoms with Crippen molar-refractivity contribution in [1.82, 2.24) is 4.90 Å².